The van der Waals surface area contributed by atoms with Gasteiger partial charge in [-0.15, -0.1) is 0 Å². The molecular weight excluding hydrogens is 308 g/mol. The van der Waals surface area contributed by atoms with Crippen molar-refractivity contribution in [2.75, 3.05) is 39.4 Å². The third-order valence-corrected chi connectivity index (χ3v) is 4.27. The smallest absolute Gasteiger partial charge is 0.409 e. The van der Waals surface area contributed by atoms with E-state index in [9.17, 15) is 9.59 Å². The standard InChI is InChI=1S/C18H26N2O4/c1-5-23-18(22)20-8-6-19(7-9-20)17(21)12-24-16-11-13(2)10-14(3)15(16)4/h10-11H,5-9,12H2,1-4H3. The van der Waals surface area contributed by atoms with Crippen LogP contribution < -0.4 is 4.74 Å². The zero-order valence-electron chi connectivity index (χ0n) is 14.9. The van der Waals surface area contributed by atoms with Gasteiger partial charge in [-0.2, -0.15) is 0 Å². The molecule has 2 rings (SSSR count). The van der Waals surface area contributed by atoms with E-state index in [1.165, 1.54) is 0 Å². The first-order valence-electron chi connectivity index (χ1n) is 8.32. The maximum Gasteiger partial charge on any atom is 0.409 e. The Labute approximate surface area is 143 Å². The number of hydrogen-bond acceptors (Lipinski definition) is 4. The van der Waals surface area contributed by atoms with E-state index in [0.717, 1.165) is 22.4 Å². The predicted octanol–water partition coefficient (Wildman–Crippen LogP) is 2.29. The summed E-state index contributed by atoms with van der Waals surface area (Å²) in [5.74, 6) is 0.697. The highest BCUT2D eigenvalue weighted by molar-refractivity contribution is 5.78. The Morgan fingerprint density at radius 1 is 1.04 bits per heavy atom. The first kappa shape index (κ1) is 18.1. The molecule has 0 bridgehead atoms. The maximum absolute atomic E-state index is 12.3. The van der Waals surface area contributed by atoms with E-state index >= 15 is 0 Å². The van der Waals surface area contributed by atoms with Crippen LogP contribution in [0.3, 0.4) is 0 Å². The van der Waals surface area contributed by atoms with Crippen LogP contribution in [0.4, 0.5) is 4.79 Å². The van der Waals surface area contributed by atoms with Gasteiger partial charge in [0.25, 0.3) is 5.91 Å². The molecule has 0 spiro atoms. The van der Waals surface area contributed by atoms with Gasteiger partial charge in [-0.25, -0.2) is 4.79 Å². The fraction of sp³-hybridized carbons (Fsp3) is 0.556. The molecule has 1 aliphatic rings. The monoisotopic (exact) mass is 334 g/mol. The minimum absolute atomic E-state index is 0.0170. The average Bonchev–Trinajstić information content (AvgIpc) is 2.56. The van der Waals surface area contributed by atoms with Crippen molar-refractivity contribution in [2.24, 2.45) is 0 Å². The molecule has 6 nitrogen and oxygen atoms in total. The van der Waals surface area contributed by atoms with E-state index in [1.807, 2.05) is 26.8 Å². The van der Waals surface area contributed by atoms with Crippen molar-refractivity contribution in [3.05, 3.63) is 28.8 Å². The van der Waals surface area contributed by atoms with Gasteiger partial charge in [-0.3, -0.25) is 4.79 Å². The number of benzene rings is 1. The normalized spacial score (nSPS) is 14.5. The number of ether oxygens (including phenoxy) is 2. The SMILES string of the molecule is CCOC(=O)N1CCN(C(=O)COc2cc(C)cc(C)c2C)CC1. The molecule has 0 unspecified atom stereocenters. The van der Waals surface area contributed by atoms with Crippen LogP contribution in [-0.2, 0) is 9.53 Å². The number of rotatable bonds is 4. The minimum atomic E-state index is -0.313. The number of hydrogen-bond donors (Lipinski definition) is 0. The lowest BCUT2D eigenvalue weighted by molar-refractivity contribution is -0.134. The number of carbonyl (C=O) groups excluding carboxylic acids is 2. The van der Waals surface area contributed by atoms with Crippen LogP contribution in [0.25, 0.3) is 0 Å². The number of aryl methyl sites for hydroxylation is 2. The molecular formula is C18H26N2O4. The molecule has 1 aliphatic heterocycles. The Morgan fingerprint density at radius 3 is 2.29 bits per heavy atom. The van der Waals surface area contributed by atoms with Crippen LogP contribution in [0.1, 0.15) is 23.6 Å². The highest BCUT2D eigenvalue weighted by atomic mass is 16.6. The fourth-order valence-corrected chi connectivity index (χ4v) is 2.73. The van der Waals surface area contributed by atoms with Gasteiger partial charge in [0.05, 0.1) is 6.61 Å². The van der Waals surface area contributed by atoms with Gasteiger partial charge in [-0.1, -0.05) is 6.07 Å². The molecule has 24 heavy (non-hydrogen) atoms. The summed E-state index contributed by atoms with van der Waals surface area (Å²) >= 11 is 0. The van der Waals surface area contributed by atoms with Gasteiger partial charge < -0.3 is 19.3 Å². The molecule has 0 aliphatic carbocycles. The average molecular weight is 334 g/mol. The Morgan fingerprint density at radius 2 is 1.67 bits per heavy atom. The lowest BCUT2D eigenvalue weighted by Gasteiger charge is -2.34. The van der Waals surface area contributed by atoms with Gasteiger partial charge in [-0.05, 0) is 50.5 Å². The number of nitrogens with zero attached hydrogens (tertiary/aromatic N) is 2. The molecule has 132 valence electrons. The van der Waals surface area contributed by atoms with Crippen LogP contribution in [0, 0.1) is 20.8 Å². The molecule has 1 aromatic rings. The highest BCUT2D eigenvalue weighted by Gasteiger charge is 2.25. The third kappa shape index (κ3) is 4.40. The van der Waals surface area contributed by atoms with Crippen molar-refractivity contribution in [3.8, 4) is 5.75 Å². The molecule has 6 heteroatoms. The second kappa shape index (κ2) is 8.04. The van der Waals surface area contributed by atoms with Crippen molar-refractivity contribution in [3.63, 3.8) is 0 Å². The van der Waals surface area contributed by atoms with E-state index in [0.29, 0.717) is 32.8 Å². The lowest BCUT2D eigenvalue weighted by atomic mass is 10.1. The topological polar surface area (TPSA) is 59.1 Å². The molecule has 0 atom stereocenters. The number of carbonyl (C=O) groups is 2. The molecule has 0 N–H and O–H groups in total. The van der Waals surface area contributed by atoms with Crippen molar-refractivity contribution in [2.45, 2.75) is 27.7 Å². The van der Waals surface area contributed by atoms with Gasteiger partial charge in [0.15, 0.2) is 6.61 Å². The first-order valence-corrected chi connectivity index (χ1v) is 8.32. The number of amides is 2. The highest BCUT2D eigenvalue weighted by Crippen LogP contribution is 2.23. The predicted molar refractivity (Wildman–Crippen MR) is 91.3 cm³/mol. The van der Waals surface area contributed by atoms with Crippen LogP contribution in [0.2, 0.25) is 0 Å². The summed E-state index contributed by atoms with van der Waals surface area (Å²) in [7, 11) is 0. The lowest BCUT2D eigenvalue weighted by Crippen LogP contribution is -2.51. The largest absolute Gasteiger partial charge is 0.483 e. The summed E-state index contributed by atoms with van der Waals surface area (Å²) in [6.07, 6.45) is -0.313. The fourth-order valence-electron chi connectivity index (χ4n) is 2.73. The summed E-state index contributed by atoms with van der Waals surface area (Å²) in [6, 6.07) is 4.05. The summed E-state index contributed by atoms with van der Waals surface area (Å²) < 4.78 is 10.7. The third-order valence-electron chi connectivity index (χ3n) is 4.27. The van der Waals surface area contributed by atoms with Crippen molar-refractivity contribution >= 4 is 12.0 Å². The van der Waals surface area contributed by atoms with Crippen LogP contribution in [0.5, 0.6) is 5.75 Å². The van der Waals surface area contributed by atoms with E-state index in [-0.39, 0.29) is 18.6 Å². The van der Waals surface area contributed by atoms with Gasteiger partial charge >= 0.3 is 6.09 Å². The summed E-state index contributed by atoms with van der Waals surface area (Å²) in [6.45, 7) is 10.2. The Balaban J connectivity index is 1.85. The molecule has 0 aromatic heterocycles. The summed E-state index contributed by atoms with van der Waals surface area (Å²) in [5, 5.41) is 0. The van der Waals surface area contributed by atoms with Gasteiger partial charge in [0, 0.05) is 26.2 Å². The van der Waals surface area contributed by atoms with Crippen molar-refractivity contribution in [1.82, 2.24) is 9.80 Å². The van der Waals surface area contributed by atoms with Gasteiger partial charge in [0.2, 0.25) is 0 Å². The Hall–Kier alpha value is -2.24. The molecule has 0 saturated carbocycles. The van der Waals surface area contributed by atoms with E-state index in [4.69, 9.17) is 9.47 Å². The summed E-state index contributed by atoms with van der Waals surface area (Å²) in [4.78, 5) is 27.3. The first-order chi connectivity index (χ1) is 11.4. The van der Waals surface area contributed by atoms with Crippen LogP contribution >= 0.6 is 0 Å². The van der Waals surface area contributed by atoms with E-state index in [1.54, 1.807) is 16.7 Å². The van der Waals surface area contributed by atoms with Crippen molar-refractivity contribution < 1.29 is 19.1 Å². The van der Waals surface area contributed by atoms with Crippen LogP contribution in [-0.4, -0.2) is 61.2 Å². The van der Waals surface area contributed by atoms with Gasteiger partial charge in [0.1, 0.15) is 5.75 Å². The maximum atomic E-state index is 12.3. The molecule has 1 heterocycles. The molecule has 1 aromatic carbocycles. The van der Waals surface area contributed by atoms with E-state index < -0.39 is 0 Å². The second-order valence-corrected chi connectivity index (χ2v) is 6.06. The number of piperazine rings is 1. The molecule has 1 fully saturated rings. The summed E-state index contributed by atoms with van der Waals surface area (Å²) in [5.41, 5.74) is 3.32. The molecule has 0 radical (unpaired) electrons. The second-order valence-electron chi connectivity index (χ2n) is 6.06. The Bertz CT molecular complexity index is 607. The Kier molecular flexibility index (Phi) is 6.06. The van der Waals surface area contributed by atoms with Crippen LogP contribution in [0.15, 0.2) is 12.1 Å². The minimum Gasteiger partial charge on any atom is -0.483 e. The molecule has 1 saturated heterocycles. The van der Waals surface area contributed by atoms with Crippen molar-refractivity contribution in [1.29, 1.82) is 0 Å². The quantitative estimate of drug-likeness (QED) is 0.848. The zero-order valence-corrected chi connectivity index (χ0v) is 14.9. The zero-order chi connectivity index (χ0) is 17.7. The molecule has 2 amide bonds. The van der Waals surface area contributed by atoms with E-state index in [2.05, 4.69) is 6.07 Å².